The predicted molar refractivity (Wildman–Crippen MR) is 145 cm³/mol. The highest BCUT2D eigenvalue weighted by atomic mass is 16.5. The van der Waals surface area contributed by atoms with E-state index < -0.39 is 0 Å². The molecule has 190 valence electrons. The van der Waals surface area contributed by atoms with Crippen molar-refractivity contribution in [2.45, 2.75) is 50.9 Å². The fourth-order valence-electron chi connectivity index (χ4n) is 5.11. The van der Waals surface area contributed by atoms with Crippen LogP contribution in [0.4, 0.5) is 5.69 Å². The normalized spacial score (nSPS) is 19.3. The Bertz CT molecular complexity index is 1070. The minimum Gasteiger partial charge on any atom is -0.494 e. The molecule has 0 unspecified atom stereocenters. The molecule has 0 spiro atoms. The Morgan fingerprint density at radius 3 is 2.61 bits per heavy atom. The van der Waals surface area contributed by atoms with Crippen LogP contribution in [0.3, 0.4) is 0 Å². The molecule has 2 aliphatic rings. The molecule has 0 aromatic heterocycles. The Morgan fingerprint density at radius 2 is 1.72 bits per heavy atom. The highest BCUT2D eigenvalue weighted by molar-refractivity contribution is 5.54. The Hall–Kier alpha value is -2.86. The molecule has 2 N–H and O–H groups in total. The van der Waals surface area contributed by atoms with Crippen molar-refractivity contribution in [3.8, 4) is 5.75 Å². The molecule has 1 saturated heterocycles. The minimum absolute atomic E-state index is 0.163. The van der Waals surface area contributed by atoms with Crippen LogP contribution >= 0.6 is 0 Å². The summed E-state index contributed by atoms with van der Waals surface area (Å²) in [5.74, 6) is 1.30. The monoisotopic (exact) mass is 486 g/mol. The van der Waals surface area contributed by atoms with Crippen molar-refractivity contribution in [2.24, 2.45) is 0 Å². The number of hydrogen-bond donors (Lipinski definition) is 2. The average molecular weight is 487 g/mol. The third kappa shape index (κ3) is 6.88. The van der Waals surface area contributed by atoms with E-state index in [1.54, 1.807) is 0 Å². The number of nitrogens with one attached hydrogen (secondary N) is 2. The van der Waals surface area contributed by atoms with E-state index in [-0.39, 0.29) is 6.10 Å². The van der Waals surface area contributed by atoms with Gasteiger partial charge in [0.05, 0.1) is 32.5 Å². The molecule has 2 aliphatic heterocycles. The van der Waals surface area contributed by atoms with Gasteiger partial charge in [-0.15, -0.1) is 0 Å². The molecule has 5 heteroatoms. The van der Waals surface area contributed by atoms with Gasteiger partial charge in [0.25, 0.3) is 0 Å². The molecule has 0 saturated carbocycles. The molecule has 2 atom stereocenters. The zero-order chi connectivity index (χ0) is 24.4. The molecule has 0 bridgehead atoms. The van der Waals surface area contributed by atoms with Gasteiger partial charge in [0.1, 0.15) is 5.75 Å². The summed E-state index contributed by atoms with van der Waals surface area (Å²) in [4.78, 5) is 0. The molecule has 2 heterocycles. The highest BCUT2D eigenvalue weighted by Gasteiger charge is 2.27. The van der Waals surface area contributed by atoms with Gasteiger partial charge in [-0.2, -0.15) is 0 Å². The maximum atomic E-state index is 6.46. The summed E-state index contributed by atoms with van der Waals surface area (Å²) < 4.78 is 18.2. The smallest absolute Gasteiger partial charge is 0.119 e. The van der Waals surface area contributed by atoms with Crippen molar-refractivity contribution >= 4 is 5.69 Å². The van der Waals surface area contributed by atoms with Crippen molar-refractivity contribution in [2.75, 3.05) is 38.2 Å². The topological polar surface area (TPSA) is 51.8 Å². The molecular weight excluding hydrogens is 448 g/mol. The lowest BCUT2D eigenvalue weighted by molar-refractivity contribution is 0.0106. The predicted octanol–water partition coefficient (Wildman–Crippen LogP) is 5.69. The lowest BCUT2D eigenvalue weighted by Crippen LogP contribution is -2.40. The SMILES string of the molecule is c1ccc(COCCCOc2ccc([C@@H]3CCNC[C@H]3OCc3ccc4c(c3)NCCC4)cc2)cc1. The summed E-state index contributed by atoms with van der Waals surface area (Å²) in [6.45, 7) is 5.62. The Labute approximate surface area is 215 Å². The van der Waals surface area contributed by atoms with Crippen LogP contribution in [0.15, 0.2) is 72.8 Å². The fourth-order valence-corrected chi connectivity index (χ4v) is 5.11. The number of aryl methyl sites for hydroxylation is 1. The Kier molecular flexibility index (Phi) is 8.90. The summed E-state index contributed by atoms with van der Waals surface area (Å²) in [6.07, 6.45) is 4.49. The number of anilines is 1. The van der Waals surface area contributed by atoms with Gasteiger partial charge >= 0.3 is 0 Å². The number of piperidine rings is 1. The Morgan fingerprint density at radius 1 is 0.833 bits per heavy atom. The van der Waals surface area contributed by atoms with Crippen molar-refractivity contribution in [3.63, 3.8) is 0 Å². The fraction of sp³-hybridized carbons (Fsp3) is 0.419. The second-order valence-corrected chi connectivity index (χ2v) is 9.78. The van der Waals surface area contributed by atoms with E-state index in [1.165, 1.54) is 40.8 Å². The zero-order valence-electron chi connectivity index (χ0n) is 21.1. The van der Waals surface area contributed by atoms with Gasteiger partial charge in [-0.3, -0.25) is 0 Å². The van der Waals surface area contributed by atoms with E-state index in [1.807, 2.05) is 18.2 Å². The largest absolute Gasteiger partial charge is 0.494 e. The van der Waals surface area contributed by atoms with Crippen molar-refractivity contribution in [1.29, 1.82) is 0 Å². The first-order chi connectivity index (χ1) is 17.8. The van der Waals surface area contributed by atoms with E-state index in [9.17, 15) is 0 Å². The number of ether oxygens (including phenoxy) is 3. The molecule has 3 aromatic carbocycles. The molecule has 0 aliphatic carbocycles. The van der Waals surface area contributed by atoms with Crippen LogP contribution in [0, 0.1) is 0 Å². The van der Waals surface area contributed by atoms with Crippen molar-refractivity contribution in [1.82, 2.24) is 5.32 Å². The number of hydrogen-bond acceptors (Lipinski definition) is 5. The van der Waals surface area contributed by atoms with Gasteiger partial charge in [-0.05, 0) is 66.3 Å². The van der Waals surface area contributed by atoms with Gasteiger partial charge < -0.3 is 24.8 Å². The summed E-state index contributed by atoms with van der Waals surface area (Å²) in [5.41, 5.74) is 6.47. The van der Waals surface area contributed by atoms with E-state index in [0.717, 1.165) is 38.2 Å². The van der Waals surface area contributed by atoms with Crippen LogP contribution in [0.2, 0.25) is 0 Å². The van der Waals surface area contributed by atoms with Crippen molar-refractivity contribution in [3.05, 3.63) is 95.1 Å². The second-order valence-electron chi connectivity index (χ2n) is 9.78. The van der Waals surface area contributed by atoms with Gasteiger partial charge in [-0.1, -0.05) is 54.6 Å². The molecule has 5 nitrogen and oxygen atoms in total. The van der Waals surface area contributed by atoms with Crippen LogP contribution in [0.5, 0.6) is 5.75 Å². The summed E-state index contributed by atoms with van der Waals surface area (Å²) >= 11 is 0. The first-order valence-electron chi connectivity index (χ1n) is 13.4. The summed E-state index contributed by atoms with van der Waals surface area (Å²) in [6, 6.07) is 25.6. The molecule has 0 radical (unpaired) electrons. The second kappa shape index (κ2) is 12.9. The maximum Gasteiger partial charge on any atom is 0.119 e. The molecule has 36 heavy (non-hydrogen) atoms. The molecular formula is C31H38N2O3. The third-order valence-electron chi connectivity index (χ3n) is 7.12. The molecule has 3 aromatic rings. The standard InChI is InChI=1S/C31H38N2O3/c1-2-6-24(7-3-1)22-34-18-5-19-35-28-13-11-26(12-14-28)29-15-17-32-21-31(29)36-23-25-9-10-27-8-4-16-33-30(27)20-25/h1-3,6-7,9-14,20,29,31-33H,4-5,8,15-19,21-23H2/t29-,31+/m0/s1. The molecule has 1 fully saturated rings. The minimum atomic E-state index is 0.163. The summed E-state index contributed by atoms with van der Waals surface area (Å²) in [7, 11) is 0. The quantitative estimate of drug-likeness (QED) is 0.341. The lowest BCUT2D eigenvalue weighted by atomic mass is 9.87. The van der Waals surface area contributed by atoms with Crippen molar-refractivity contribution < 1.29 is 14.2 Å². The van der Waals surface area contributed by atoms with E-state index >= 15 is 0 Å². The number of rotatable bonds is 11. The number of benzene rings is 3. The third-order valence-corrected chi connectivity index (χ3v) is 7.12. The van der Waals surface area contributed by atoms with E-state index in [0.29, 0.717) is 32.3 Å². The van der Waals surface area contributed by atoms with E-state index in [2.05, 4.69) is 65.2 Å². The van der Waals surface area contributed by atoms with Gasteiger partial charge in [0.15, 0.2) is 0 Å². The number of fused-ring (bicyclic) bond motifs is 1. The molecule has 0 amide bonds. The maximum absolute atomic E-state index is 6.46. The first kappa shape index (κ1) is 24.8. The summed E-state index contributed by atoms with van der Waals surface area (Å²) in [5, 5.41) is 7.04. The first-order valence-corrected chi connectivity index (χ1v) is 13.4. The highest BCUT2D eigenvalue weighted by Crippen LogP contribution is 2.30. The Balaban J connectivity index is 1.07. The van der Waals surface area contributed by atoms with Gasteiger partial charge in [-0.25, -0.2) is 0 Å². The zero-order valence-corrected chi connectivity index (χ0v) is 21.1. The average Bonchev–Trinajstić information content (AvgIpc) is 2.95. The van der Waals surface area contributed by atoms with Gasteiger partial charge in [0.2, 0.25) is 0 Å². The van der Waals surface area contributed by atoms with Gasteiger partial charge in [0, 0.05) is 31.1 Å². The van der Waals surface area contributed by atoms with Crippen LogP contribution in [-0.2, 0) is 29.1 Å². The van der Waals surface area contributed by atoms with Crippen LogP contribution in [0.1, 0.15) is 47.4 Å². The van der Waals surface area contributed by atoms with Crippen LogP contribution in [-0.4, -0.2) is 39.0 Å². The molecule has 5 rings (SSSR count). The van der Waals surface area contributed by atoms with Crippen LogP contribution < -0.4 is 15.4 Å². The van der Waals surface area contributed by atoms with E-state index in [4.69, 9.17) is 14.2 Å². The lowest BCUT2D eigenvalue weighted by Gasteiger charge is -2.32. The van der Waals surface area contributed by atoms with Crippen LogP contribution in [0.25, 0.3) is 0 Å².